The van der Waals surface area contributed by atoms with Crippen LogP contribution < -0.4 is 5.56 Å². The van der Waals surface area contributed by atoms with Crippen LogP contribution in [0.15, 0.2) is 35.1 Å². The van der Waals surface area contributed by atoms with Gasteiger partial charge in [-0.05, 0) is 31.2 Å². The van der Waals surface area contributed by atoms with Gasteiger partial charge in [0.05, 0.1) is 11.2 Å². The molecule has 3 rings (SSSR count). The molecule has 0 spiro atoms. The lowest BCUT2D eigenvalue weighted by Crippen LogP contribution is -2.05. The van der Waals surface area contributed by atoms with Crippen molar-refractivity contribution in [1.82, 2.24) is 19.8 Å². The van der Waals surface area contributed by atoms with Gasteiger partial charge in [-0.25, -0.2) is 8.91 Å². The second-order valence-corrected chi connectivity index (χ2v) is 3.96. The minimum atomic E-state index is -0.323. The van der Waals surface area contributed by atoms with Crippen molar-refractivity contribution in [2.75, 3.05) is 0 Å². The molecule has 0 fully saturated rings. The lowest BCUT2D eigenvalue weighted by molar-refractivity contribution is 0.628. The van der Waals surface area contributed by atoms with Gasteiger partial charge in [0.25, 0.3) is 5.56 Å². The van der Waals surface area contributed by atoms with Crippen LogP contribution >= 0.6 is 0 Å². The van der Waals surface area contributed by atoms with Crippen molar-refractivity contribution in [3.8, 4) is 11.4 Å². The summed E-state index contributed by atoms with van der Waals surface area (Å²) < 4.78 is 14.4. The highest BCUT2D eigenvalue weighted by molar-refractivity contribution is 5.61. The first-order valence-corrected chi connectivity index (χ1v) is 5.36. The van der Waals surface area contributed by atoms with Crippen molar-refractivity contribution in [2.45, 2.75) is 6.92 Å². The maximum atomic E-state index is 12.9. The standard InChI is InChI=1S/C12H9FN4O/c1-7-10-6-11(18)16-17(10)12(15-14-7)8-2-4-9(13)5-3-8/h2-6H,1H3,(H,16,18). The Morgan fingerprint density at radius 1 is 1.22 bits per heavy atom. The molecule has 0 saturated heterocycles. The number of nitrogens with one attached hydrogen (secondary N) is 1. The van der Waals surface area contributed by atoms with Gasteiger partial charge in [0.2, 0.25) is 0 Å². The highest BCUT2D eigenvalue weighted by Gasteiger charge is 2.10. The Bertz CT molecular complexity index is 773. The van der Waals surface area contributed by atoms with Crippen LogP contribution in [0.1, 0.15) is 5.69 Å². The zero-order valence-electron chi connectivity index (χ0n) is 9.51. The molecule has 0 saturated carbocycles. The molecule has 0 amide bonds. The predicted octanol–water partition coefficient (Wildman–Crippen LogP) is 1.53. The molecule has 1 aromatic carbocycles. The molecule has 0 radical (unpaired) electrons. The summed E-state index contributed by atoms with van der Waals surface area (Å²) in [6, 6.07) is 7.31. The van der Waals surface area contributed by atoms with Crippen LogP contribution in [0.3, 0.4) is 0 Å². The molecule has 2 heterocycles. The molecule has 0 unspecified atom stereocenters. The van der Waals surface area contributed by atoms with E-state index in [0.717, 1.165) is 0 Å². The number of hydrogen-bond donors (Lipinski definition) is 1. The van der Waals surface area contributed by atoms with E-state index in [0.29, 0.717) is 22.6 Å². The SMILES string of the molecule is Cc1nnc(-c2ccc(F)cc2)n2[nH]c(=O)cc12. The van der Waals surface area contributed by atoms with Crippen molar-refractivity contribution in [3.63, 3.8) is 0 Å². The summed E-state index contributed by atoms with van der Waals surface area (Å²) in [7, 11) is 0. The normalized spacial score (nSPS) is 11.0. The van der Waals surface area contributed by atoms with Gasteiger partial charge < -0.3 is 0 Å². The number of aromatic nitrogens is 4. The number of H-pyrrole nitrogens is 1. The lowest BCUT2D eigenvalue weighted by atomic mass is 10.2. The van der Waals surface area contributed by atoms with Crippen molar-refractivity contribution in [2.24, 2.45) is 0 Å². The molecule has 0 aliphatic carbocycles. The molecule has 0 atom stereocenters. The minimum Gasteiger partial charge on any atom is -0.268 e. The van der Waals surface area contributed by atoms with Gasteiger partial charge >= 0.3 is 0 Å². The Labute approximate surface area is 101 Å². The predicted molar refractivity (Wildman–Crippen MR) is 63.7 cm³/mol. The fraction of sp³-hybridized carbons (Fsp3) is 0.0833. The van der Waals surface area contributed by atoms with Crippen LogP contribution in [0.2, 0.25) is 0 Å². The first-order chi connectivity index (χ1) is 8.65. The highest BCUT2D eigenvalue weighted by Crippen LogP contribution is 2.17. The fourth-order valence-corrected chi connectivity index (χ4v) is 1.83. The molecule has 6 heteroatoms. The smallest absolute Gasteiger partial charge is 0.265 e. The number of rotatable bonds is 1. The van der Waals surface area contributed by atoms with E-state index in [1.54, 1.807) is 23.6 Å². The van der Waals surface area contributed by atoms with Gasteiger partial charge in [-0.15, -0.1) is 5.10 Å². The van der Waals surface area contributed by atoms with Crippen molar-refractivity contribution in [3.05, 3.63) is 52.2 Å². The molecule has 0 aliphatic heterocycles. The van der Waals surface area contributed by atoms with E-state index in [2.05, 4.69) is 15.3 Å². The molecule has 18 heavy (non-hydrogen) atoms. The first kappa shape index (κ1) is 10.6. The quantitative estimate of drug-likeness (QED) is 0.706. The van der Waals surface area contributed by atoms with Crippen molar-refractivity contribution in [1.29, 1.82) is 0 Å². The summed E-state index contributed by atoms with van der Waals surface area (Å²) in [5.74, 6) is 0.147. The first-order valence-electron chi connectivity index (χ1n) is 5.36. The maximum Gasteiger partial charge on any atom is 0.265 e. The average molecular weight is 244 g/mol. The van der Waals surface area contributed by atoms with E-state index in [-0.39, 0.29) is 11.4 Å². The molecular weight excluding hydrogens is 235 g/mol. The van der Waals surface area contributed by atoms with Gasteiger partial charge in [-0.3, -0.25) is 9.89 Å². The topological polar surface area (TPSA) is 63.1 Å². The van der Waals surface area contributed by atoms with Crippen LogP contribution in [-0.4, -0.2) is 19.8 Å². The molecule has 5 nitrogen and oxygen atoms in total. The van der Waals surface area contributed by atoms with Gasteiger partial charge in [0.1, 0.15) is 5.82 Å². The van der Waals surface area contributed by atoms with Gasteiger partial charge in [-0.2, -0.15) is 5.10 Å². The fourth-order valence-electron chi connectivity index (χ4n) is 1.83. The third kappa shape index (κ3) is 1.58. The summed E-state index contributed by atoms with van der Waals surface area (Å²) >= 11 is 0. The second kappa shape index (κ2) is 3.76. The van der Waals surface area contributed by atoms with Crippen LogP contribution in [0, 0.1) is 12.7 Å². The zero-order valence-corrected chi connectivity index (χ0v) is 9.51. The van der Waals surface area contributed by atoms with E-state index >= 15 is 0 Å². The molecule has 1 N–H and O–H groups in total. The third-order valence-corrected chi connectivity index (χ3v) is 2.71. The Morgan fingerprint density at radius 3 is 2.67 bits per heavy atom. The van der Waals surface area contributed by atoms with Crippen LogP contribution in [0.5, 0.6) is 0 Å². The molecule has 3 aromatic rings. The third-order valence-electron chi connectivity index (χ3n) is 2.71. The molecule has 2 aromatic heterocycles. The molecule has 0 aliphatic rings. The van der Waals surface area contributed by atoms with E-state index in [1.165, 1.54) is 18.2 Å². The van der Waals surface area contributed by atoms with Crippen LogP contribution in [0.25, 0.3) is 16.9 Å². The summed E-state index contributed by atoms with van der Waals surface area (Å²) in [6.07, 6.45) is 0. The zero-order chi connectivity index (χ0) is 12.7. The minimum absolute atomic E-state index is 0.226. The number of fused-ring (bicyclic) bond motifs is 1. The monoisotopic (exact) mass is 244 g/mol. The van der Waals surface area contributed by atoms with Gasteiger partial charge in [0, 0.05) is 11.6 Å². The molecule has 90 valence electrons. The van der Waals surface area contributed by atoms with Crippen molar-refractivity contribution < 1.29 is 4.39 Å². The van der Waals surface area contributed by atoms with E-state index in [1.807, 2.05) is 0 Å². The number of hydrogen-bond acceptors (Lipinski definition) is 3. The van der Waals surface area contributed by atoms with Crippen LogP contribution in [0.4, 0.5) is 4.39 Å². The summed E-state index contributed by atoms with van der Waals surface area (Å²) in [5.41, 5.74) is 1.77. The van der Waals surface area contributed by atoms with E-state index in [9.17, 15) is 9.18 Å². The number of aromatic amines is 1. The Morgan fingerprint density at radius 2 is 1.94 bits per heavy atom. The van der Waals surface area contributed by atoms with E-state index in [4.69, 9.17) is 0 Å². The average Bonchev–Trinajstić information content (AvgIpc) is 2.74. The molecule has 0 bridgehead atoms. The largest absolute Gasteiger partial charge is 0.268 e. The summed E-state index contributed by atoms with van der Waals surface area (Å²) in [4.78, 5) is 11.4. The Kier molecular flexibility index (Phi) is 2.22. The van der Waals surface area contributed by atoms with E-state index < -0.39 is 0 Å². The highest BCUT2D eigenvalue weighted by atomic mass is 19.1. The Hall–Kier alpha value is -2.50. The van der Waals surface area contributed by atoms with Gasteiger partial charge in [0.15, 0.2) is 5.82 Å². The number of benzene rings is 1. The van der Waals surface area contributed by atoms with Gasteiger partial charge in [-0.1, -0.05) is 0 Å². The van der Waals surface area contributed by atoms with Crippen LogP contribution in [-0.2, 0) is 0 Å². The second-order valence-electron chi connectivity index (χ2n) is 3.96. The number of aryl methyl sites for hydroxylation is 1. The molecular formula is C12H9FN4O. The number of halogens is 1. The lowest BCUT2D eigenvalue weighted by Gasteiger charge is -2.05. The number of nitrogens with zero attached hydrogens (tertiary/aromatic N) is 3. The summed E-state index contributed by atoms with van der Waals surface area (Å²) in [5, 5.41) is 10.7. The Balaban J connectivity index is 2.32. The van der Waals surface area contributed by atoms with Crippen molar-refractivity contribution >= 4 is 5.52 Å². The maximum absolute atomic E-state index is 12.9. The summed E-state index contributed by atoms with van der Waals surface area (Å²) in [6.45, 7) is 1.77.